The van der Waals surface area contributed by atoms with Crippen LogP contribution in [0.3, 0.4) is 0 Å². The third-order valence-corrected chi connectivity index (χ3v) is 4.01. The molecular formula is C11H8BrNO3. The summed E-state index contributed by atoms with van der Waals surface area (Å²) >= 11 is 3.22. The first-order chi connectivity index (χ1) is 7.56. The van der Waals surface area contributed by atoms with E-state index in [1.807, 2.05) is 0 Å². The number of rotatable bonds is 1. The average Bonchev–Trinajstić information content (AvgIpc) is 3.04. The maximum Gasteiger partial charge on any atom is 0.335 e. The van der Waals surface area contributed by atoms with Crippen molar-refractivity contribution in [1.29, 1.82) is 0 Å². The second-order valence-corrected chi connectivity index (χ2v) is 4.91. The van der Waals surface area contributed by atoms with E-state index in [-0.39, 0.29) is 11.5 Å². The van der Waals surface area contributed by atoms with Crippen LogP contribution < -0.4 is 3.93 Å². The largest absolute Gasteiger partial charge is 0.478 e. The number of hydrogen-bond donors (Lipinski definition) is 1. The van der Waals surface area contributed by atoms with Gasteiger partial charge >= 0.3 is 5.97 Å². The monoisotopic (exact) mass is 281 g/mol. The van der Waals surface area contributed by atoms with Crippen molar-refractivity contribution in [3.8, 4) is 0 Å². The van der Waals surface area contributed by atoms with Gasteiger partial charge in [0, 0.05) is 0 Å². The van der Waals surface area contributed by atoms with E-state index in [0.717, 1.165) is 24.1 Å². The topological polar surface area (TPSA) is 57.6 Å². The Bertz CT molecular complexity index is 522. The van der Waals surface area contributed by atoms with Gasteiger partial charge in [-0.05, 0) is 36.6 Å². The summed E-state index contributed by atoms with van der Waals surface area (Å²) in [5.41, 5.74) is 1.41. The van der Waals surface area contributed by atoms with Crippen LogP contribution in [0.5, 0.6) is 0 Å². The normalized spacial score (nSPS) is 20.1. The highest BCUT2D eigenvalue weighted by molar-refractivity contribution is 9.10. The molecule has 0 aromatic heterocycles. The SMILES string of the molecule is O=C(O)c1ccc2c(c1)C1(CC1)C(=O)N2Br. The fourth-order valence-electron chi connectivity index (χ4n) is 2.24. The Kier molecular flexibility index (Phi) is 1.75. The van der Waals surface area contributed by atoms with Crippen LogP contribution in [0.4, 0.5) is 5.69 Å². The summed E-state index contributed by atoms with van der Waals surface area (Å²) in [4.78, 5) is 22.8. The molecule has 4 nitrogen and oxygen atoms in total. The zero-order valence-corrected chi connectivity index (χ0v) is 9.82. The van der Waals surface area contributed by atoms with Gasteiger partial charge < -0.3 is 5.11 Å². The number of carbonyl (C=O) groups is 2. The highest BCUT2D eigenvalue weighted by atomic mass is 79.9. The second-order valence-electron chi connectivity index (χ2n) is 4.21. The number of nitrogens with zero attached hydrogens (tertiary/aromatic N) is 1. The molecule has 0 radical (unpaired) electrons. The van der Waals surface area contributed by atoms with E-state index in [0.29, 0.717) is 0 Å². The molecular weight excluding hydrogens is 274 g/mol. The summed E-state index contributed by atoms with van der Waals surface area (Å²) in [6, 6.07) is 4.81. The first-order valence-corrected chi connectivity index (χ1v) is 5.65. The van der Waals surface area contributed by atoms with Crippen molar-refractivity contribution in [3.05, 3.63) is 29.3 Å². The fraction of sp³-hybridized carbons (Fsp3) is 0.273. The first kappa shape index (κ1) is 9.84. The summed E-state index contributed by atoms with van der Waals surface area (Å²) in [5, 5.41) is 8.93. The molecule has 16 heavy (non-hydrogen) atoms. The second kappa shape index (κ2) is 2.85. The van der Waals surface area contributed by atoms with Crippen molar-refractivity contribution < 1.29 is 14.7 Å². The van der Waals surface area contributed by atoms with Gasteiger partial charge in [-0.3, -0.25) is 4.79 Å². The van der Waals surface area contributed by atoms with Crippen LogP contribution in [0.2, 0.25) is 0 Å². The van der Waals surface area contributed by atoms with Gasteiger partial charge in [-0.1, -0.05) is 0 Å². The van der Waals surface area contributed by atoms with E-state index in [1.54, 1.807) is 12.1 Å². The van der Waals surface area contributed by atoms with Crippen molar-refractivity contribution in [2.75, 3.05) is 3.93 Å². The molecule has 1 aliphatic carbocycles. The van der Waals surface area contributed by atoms with Crippen molar-refractivity contribution in [1.82, 2.24) is 0 Å². The number of carboxylic acid groups (broad SMARTS) is 1. The summed E-state index contributed by atoms with van der Waals surface area (Å²) in [6.07, 6.45) is 1.62. The summed E-state index contributed by atoms with van der Waals surface area (Å²) in [7, 11) is 0. The van der Waals surface area contributed by atoms with E-state index >= 15 is 0 Å². The standard InChI is InChI=1S/C11H8BrNO3/c12-13-8-2-1-6(9(14)15)5-7(8)11(3-4-11)10(13)16/h1-2,5H,3-4H2,(H,14,15). The van der Waals surface area contributed by atoms with Crippen LogP contribution in [-0.2, 0) is 10.2 Å². The van der Waals surface area contributed by atoms with Crippen molar-refractivity contribution in [2.45, 2.75) is 18.3 Å². The number of carbonyl (C=O) groups excluding carboxylic acids is 1. The van der Waals surface area contributed by atoms with Gasteiger partial charge in [-0.2, -0.15) is 0 Å². The number of benzene rings is 1. The van der Waals surface area contributed by atoms with Crippen molar-refractivity contribution >= 4 is 33.7 Å². The number of fused-ring (bicyclic) bond motifs is 2. The molecule has 0 unspecified atom stereocenters. The van der Waals surface area contributed by atoms with Gasteiger partial charge in [-0.15, -0.1) is 0 Å². The number of halogens is 1. The molecule has 82 valence electrons. The molecule has 1 heterocycles. The Morgan fingerprint density at radius 1 is 1.44 bits per heavy atom. The van der Waals surface area contributed by atoms with Gasteiger partial charge in [0.1, 0.15) is 0 Å². The molecule has 3 rings (SSSR count). The molecule has 1 saturated carbocycles. The van der Waals surface area contributed by atoms with Crippen LogP contribution in [0.1, 0.15) is 28.8 Å². The van der Waals surface area contributed by atoms with Gasteiger partial charge in [0.25, 0.3) is 0 Å². The summed E-state index contributed by atoms with van der Waals surface area (Å²) < 4.78 is 1.45. The Labute approximate surface area is 100 Å². The smallest absolute Gasteiger partial charge is 0.335 e. The Morgan fingerprint density at radius 2 is 2.12 bits per heavy atom. The third-order valence-electron chi connectivity index (χ3n) is 3.31. The maximum absolute atomic E-state index is 12.0. The molecule has 1 aliphatic heterocycles. The highest BCUT2D eigenvalue weighted by Gasteiger charge is 2.59. The molecule has 0 bridgehead atoms. The minimum absolute atomic E-state index is 0.0186. The Hall–Kier alpha value is -1.36. The van der Waals surface area contributed by atoms with Crippen LogP contribution in [0.15, 0.2) is 18.2 Å². The first-order valence-electron chi connectivity index (χ1n) is 4.94. The van der Waals surface area contributed by atoms with Crippen LogP contribution in [0.25, 0.3) is 0 Å². The van der Waals surface area contributed by atoms with Gasteiger partial charge in [0.15, 0.2) is 0 Å². The minimum atomic E-state index is -0.959. The number of amides is 1. The minimum Gasteiger partial charge on any atom is -0.478 e. The molecule has 2 aliphatic rings. The Morgan fingerprint density at radius 3 is 2.69 bits per heavy atom. The van der Waals surface area contributed by atoms with Gasteiger partial charge in [0.05, 0.1) is 32.8 Å². The molecule has 1 aromatic rings. The molecule has 1 aromatic carbocycles. The molecule has 5 heteroatoms. The zero-order chi connectivity index (χ0) is 11.5. The molecule has 1 spiro atoms. The lowest BCUT2D eigenvalue weighted by molar-refractivity contribution is -0.118. The van der Waals surface area contributed by atoms with Crippen LogP contribution in [-0.4, -0.2) is 17.0 Å². The van der Waals surface area contributed by atoms with Crippen LogP contribution >= 0.6 is 16.1 Å². The number of hydrogen-bond acceptors (Lipinski definition) is 2. The van der Waals surface area contributed by atoms with Crippen molar-refractivity contribution in [2.24, 2.45) is 0 Å². The highest BCUT2D eigenvalue weighted by Crippen LogP contribution is 2.58. The molecule has 0 atom stereocenters. The quantitative estimate of drug-likeness (QED) is 0.802. The lowest BCUT2D eigenvalue weighted by Crippen LogP contribution is -2.23. The van der Waals surface area contributed by atoms with E-state index < -0.39 is 11.4 Å². The van der Waals surface area contributed by atoms with Crippen molar-refractivity contribution in [3.63, 3.8) is 0 Å². The number of aromatic carboxylic acids is 1. The molecule has 0 saturated heterocycles. The zero-order valence-electron chi connectivity index (χ0n) is 8.24. The summed E-state index contributed by atoms with van der Waals surface area (Å²) in [6.45, 7) is 0. The average molecular weight is 282 g/mol. The lowest BCUT2D eigenvalue weighted by atomic mass is 9.96. The number of anilines is 1. The molecule has 1 N–H and O–H groups in total. The van der Waals surface area contributed by atoms with E-state index in [9.17, 15) is 9.59 Å². The molecule has 1 amide bonds. The van der Waals surface area contributed by atoms with Gasteiger partial charge in [-0.25, -0.2) is 8.72 Å². The Balaban J connectivity index is 2.20. The maximum atomic E-state index is 12.0. The third kappa shape index (κ3) is 1.04. The van der Waals surface area contributed by atoms with E-state index in [2.05, 4.69) is 16.1 Å². The lowest BCUT2D eigenvalue weighted by Gasteiger charge is -2.06. The molecule has 1 fully saturated rings. The number of carboxylic acids is 1. The predicted octanol–water partition coefficient (Wildman–Crippen LogP) is 2.07. The van der Waals surface area contributed by atoms with Crippen LogP contribution in [0, 0.1) is 0 Å². The van der Waals surface area contributed by atoms with Gasteiger partial charge in [0.2, 0.25) is 5.91 Å². The fourth-order valence-corrected chi connectivity index (χ4v) is 2.89. The van der Waals surface area contributed by atoms with E-state index in [1.165, 1.54) is 9.99 Å². The van der Waals surface area contributed by atoms with E-state index in [4.69, 9.17) is 5.11 Å². The predicted molar refractivity (Wildman–Crippen MR) is 60.7 cm³/mol. The summed E-state index contributed by atoms with van der Waals surface area (Å²) in [5.74, 6) is -0.941.